The molecule has 1 aliphatic heterocycles. The summed E-state index contributed by atoms with van der Waals surface area (Å²) in [6.45, 7) is 3.57. The van der Waals surface area contributed by atoms with Gasteiger partial charge in [0.1, 0.15) is 0 Å². The molecule has 0 spiro atoms. The van der Waals surface area contributed by atoms with Crippen molar-refractivity contribution in [2.45, 2.75) is 45.1 Å². The van der Waals surface area contributed by atoms with E-state index in [9.17, 15) is 9.90 Å². The van der Waals surface area contributed by atoms with Crippen molar-refractivity contribution in [3.05, 3.63) is 0 Å². The van der Waals surface area contributed by atoms with Gasteiger partial charge in [-0.05, 0) is 19.3 Å². The number of hydrogen-bond acceptors (Lipinski definition) is 2. The average Bonchev–Trinajstić information content (AvgIpc) is 2.15. The second-order valence-corrected chi connectivity index (χ2v) is 3.72. The smallest absolute Gasteiger partial charge is 0.222 e. The van der Waals surface area contributed by atoms with E-state index < -0.39 is 0 Å². The number of nitrogens with zero attached hydrogens (tertiary/aromatic N) is 1. The maximum Gasteiger partial charge on any atom is 0.222 e. The summed E-state index contributed by atoms with van der Waals surface area (Å²) < 4.78 is 0. The van der Waals surface area contributed by atoms with Gasteiger partial charge in [-0.1, -0.05) is 13.3 Å². The Morgan fingerprint density at radius 1 is 1.46 bits per heavy atom. The molecule has 1 fully saturated rings. The van der Waals surface area contributed by atoms with Crippen molar-refractivity contribution in [1.29, 1.82) is 0 Å². The first-order chi connectivity index (χ1) is 6.24. The normalized spacial score (nSPS) is 19.1. The predicted molar refractivity (Wildman–Crippen MR) is 51.3 cm³/mol. The van der Waals surface area contributed by atoms with Crippen molar-refractivity contribution < 1.29 is 9.90 Å². The monoisotopic (exact) mass is 185 g/mol. The molecule has 0 aliphatic carbocycles. The molecular formula is C10H19NO2. The third-order valence-corrected chi connectivity index (χ3v) is 2.56. The SMILES string of the molecule is CCCCC(=O)N1CCC(O)CC1. The molecule has 13 heavy (non-hydrogen) atoms. The van der Waals surface area contributed by atoms with Crippen LogP contribution in [0.3, 0.4) is 0 Å². The summed E-state index contributed by atoms with van der Waals surface area (Å²) in [5.41, 5.74) is 0. The van der Waals surface area contributed by atoms with Crippen LogP contribution in [0.1, 0.15) is 39.0 Å². The molecule has 0 bridgehead atoms. The zero-order valence-electron chi connectivity index (χ0n) is 8.33. The molecule has 0 radical (unpaired) electrons. The van der Waals surface area contributed by atoms with Gasteiger partial charge >= 0.3 is 0 Å². The van der Waals surface area contributed by atoms with E-state index in [0.717, 1.165) is 38.8 Å². The molecule has 0 saturated carbocycles. The standard InChI is InChI=1S/C10H19NO2/c1-2-3-4-10(13)11-7-5-9(12)6-8-11/h9,12H,2-8H2,1H3. The quantitative estimate of drug-likeness (QED) is 0.716. The Labute approximate surface area is 79.7 Å². The minimum Gasteiger partial charge on any atom is -0.393 e. The van der Waals surface area contributed by atoms with Crippen molar-refractivity contribution in [2.24, 2.45) is 0 Å². The van der Waals surface area contributed by atoms with Crippen LogP contribution in [-0.4, -0.2) is 35.1 Å². The van der Waals surface area contributed by atoms with E-state index in [1.165, 1.54) is 0 Å². The number of likely N-dealkylation sites (tertiary alicyclic amines) is 1. The van der Waals surface area contributed by atoms with Crippen molar-refractivity contribution >= 4 is 5.91 Å². The minimum absolute atomic E-state index is 0.185. The number of aliphatic hydroxyl groups excluding tert-OH is 1. The van der Waals surface area contributed by atoms with Gasteiger partial charge in [-0.15, -0.1) is 0 Å². The largest absolute Gasteiger partial charge is 0.393 e. The molecule has 0 aromatic carbocycles. The Balaban J connectivity index is 2.23. The van der Waals surface area contributed by atoms with Gasteiger partial charge in [-0.3, -0.25) is 4.79 Å². The van der Waals surface area contributed by atoms with Gasteiger partial charge in [0.05, 0.1) is 6.10 Å². The maximum absolute atomic E-state index is 11.5. The summed E-state index contributed by atoms with van der Waals surface area (Å²) in [7, 11) is 0. The Morgan fingerprint density at radius 3 is 2.62 bits per heavy atom. The van der Waals surface area contributed by atoms with Gasteiger partial charge in [-0.25, -0.2) is 0 Å². The lowest BCUT2D eigenvalue weighted by atomic mass is 10.1. The molecule has 1 heterocycles. The highest BCUT2D eigenvalue weighted by Crippen LogP contribution is 2.11. The second-order valence-electron chi connectivity index (χ2n) is 3.72. The van der Waals surface area contributed by atoms with Crippen molar-refractivity contribution in [2.75, 3.05) is 13.1 Å². The fraction of sp³-hybridized carbons (Fsp3) is 0.900. The topological polar surface area (TPSA) is 40.5 Å². The summed E-state index contributed by atoms with van der Waals surface area (Å²) in [4.78, 5) is 13.4. The Hall–Kier alpha value is -0.570. The molecule has 76 valence electrons. The van der Waals surface area contributed by atoms with Crippen LogP contribution in [0, 0.1) is 0 Å². The van der Waals surface area contributed by atoms with Gasteiger partial charge in [0, 0.05) is 19.5 Å². The molecular weight excluding hydrogens is 166 g/mol. The van der Waals surface area contributed by atoms with Crippen LogP contribution in [0.25, 0.3) is 0 Å². The highest BCUT2D eigenvalue weighted by Gasteiger charge is 2.20. The Bertz CT molecular complexity index is 162. The number of rotatable bonds is 3. The number of hydrogen-bond donors (Lipinski definition) is 1. The first-order valence-corrected chi connectivity index (χ1v) is 5.20. The lowest BCUT2D eigenvalue weighted by molar-refractivity contribution is -0.133. The zero-order valence-corrected chi connectivity index (χ0v) is 8.33. The van der Waals surface area contributed by atoms with E-state index in [4.69, 9.17) is 0 Å². The van der Waals surface area contributed by atoms with Crippen LogP contribution in [0.5, 0.6) is 0 Å². The lowest BCUT2D eigenvalue weighted by Crippen LogP contribution is -2.39. The average molecular weight is 185 g/mol. The van der Waals surface area contributed by atoms with Crippen LogP contribution in [0.4, 0.5) is 0 Å². The summed E-state index contributed by atoms with van der Waals surface area (Å²) in [5.74, 6) is 0.258. The molecule has 0 aromatic rings. The molecule has 0 unspecified atom stereocenters. The third kappa shape index (κ3) is 3.35. The maximum atomic E-state index is 11.5. The summed E-state index contributed by atoms with van der Waals surface area (Å²) >= 11 is 0. The zero-order chi connectivity index (χ0) is 9.68. The summed E-state index contributed by atoms with van der Waals surface area (Å²) in [6.07, 6.45) is 4.04. The van der Waals surface area contributed by atoms with Crippen LogP contribution in [-0.2, 0) is 4.79 Å². The fourth-order valence-electron chi connectivity index (χ4n) is 1.60. The fourth-order valence-corrected chi connectivity index (χ4v) is 1.60. The molecule has 0 aromatic heterocycles. The first-order valence-electron chi connectivity index (χ1n) is 5.20. The molecule has 1 N–H and O–H groups in total. The number of unbranched alkanes of at least 4 members (excludes halogenated alkanes) is 1. The predicted octanol–water partition coefficient (Wildman–Crippen LogP) is 1.16. The van der Waals surface area contributed by atoms with Crippen molar-refractivity contribution in [3.63, 3.8) is 0 Å². The van der Waals surface area contributed by atoms with Gasteiger partial charge in [0.15, 0.2) is 0 Å². The van der Waals surface area contributed by atoms with Crippen LogP contribution >= 0.6 is 0 Å². The molecule has 1 amide bonds. The van der Waals surface area contributed by atoms with Gasteiger partial charge in [0.2, 0.25) is 5.91 Å². The van der Waals surface area contributed by atoms with Gasteiger partial charge in [-0.2, -0.15) is 0 Å². The highest BCUT2D eigenvalue weighted by atomic mass is 16.3. The number of carbonyl (C=O) groups is 1. The first kappa shape index (κ1) is 10.5. The lowest BCUT2D eigenvalue weighted by Gasteiger charge is -2.29. The number of amides is 1. The number of aliphatic hydroxyl groups is 1. The summed E-state index contributed by atoms with van der Waals surface area (Å²) in [5, 5.41) is 9.25. The minimum atomic E-state index is -0.185. The Morgan fingerprint density at radius 2 is 2.08 bits per heavy atom. The number of piperidine rings is 1. The van der Waals surface area contributed by atoms with Crippen molar-refractivity contribution in [3.8, 4) is 0 Å². The molecule has 1 rings (SSSR count). The van der Waals surface area contributed by atoms with Gasteiger partial charge in [0.25, 0.3) is 0 Å². The second kappa shape index (κ2) is 5.22. The summed E-state index contributed by atoms with van der Waals surface area (Å²) in [6, 6.07) is 0. The highest BCUT2D eigenvalue weighted by molar-refractivity contribution is 5.76. The van der Waals surface area contributed by atoms with E-state index in [2.05, 4.69) is 6.92 Å². The van der Waals surface area contributed by atoms with E-state index >= 15 is 0 Å². The molecule has 3 nitrogen and oxygen atoms in total. The molecule has 1 aliphatic rings. The van der Waals surface area contributed by atoms with Crippen LogP contribution in [0.2, 0.25) is 0 Å². The van der Waals surface area contributed by atoms with E-state index in [1.807, 2.05) is 4.90 Å². The Kier molecular flexibility index (Phi) is 4.22. The molecule has 1 saturated heterocycles. The van der Waals surface area contributed by atoms with E-state index in [-0.39, 0.29) is 12.0 Å². The molecule has 0 atom stereocenters. The van der Waals surface area contributed by atoms with E-state index in [0.29, 0.717) is 6.42 Å². The van der Waals surface area contributed by atoms with Crippen LogP contribution in [0.15, 0.2) is 0 Å². The molecule has 3 heteroatoms. The van der Waals surface area contributed by atoms with Crippen LogP contribution < -0.4 is 0 Å². The third-order valence-electron chi connectivity index (χ3n) is 2.56. The van der Waals surface area contributed by atoms with E-state index in [1.54, 1.807) is 0 Å². The van der Waals surface area contributed by atoms with Gasteiger partial charge < -0.3 is 10.0 Å². The number of carbonyl (C=O) groups excluding carboxylic acids is 1. The van der Waals surface area contributed by atoms with Crippen molar-refractivity contribution in [1.82, 2.24) is 4.90 Å².